The van der Waals surface area contributed by atoms with E-state index in [1.807, 2.05) is 0 Å². The fraction of sp³-hybridized carbons (Fsp3) is 0.636. The maximum Gasteiger partial charge on any atom is 0.328 e. The van der Waals surface area contributed by atoms with Gasteiger partial charge < -0.3 is 10.4 Å². The van der Waals surface area contributed by atoms with Crippen LogP contribution in [0.2, 0.25) is 0 Å². The Morgan fingerprint density at radius 2 is 2.00 bits per heavy atom. The number of carboxylic acids is 1. The Hall–Kier alpha value is -1.70. The van der Waals surface area contributed by atoms with E-state index in [1.54, 1.807) is 0 Å². The summed E-state index contributed by atoms with van der Waals surface area (Å²) in [6.45, 7) is 6.94. The Balaban J connectivity index is 2.58. The van der Waals surface area contributed by atoms with E-state index in [-0.39, 0.29) is 0 Å². The molecule has 19 heavy (non-hydrogen) atoms. The third kappa shape index (κ3) is 4.82. The number of amides is 2. The summed E-state index contributed by atoms with van der Waals surface area (Å²) in [6, 6.07) is -0.611. The zero-order chi connectivity index (χ0) is 14.6. The second-order valence-electron chi connectivity index (χ2n) is 5.11. The van der Waals surface area contributed by atoms with Crippen LogP contribution in [-0.2, 0) is 11.2 Å². The zero-order valence-corrected chi connectivity index (χ0v) is 12.2. The Kier molecular flexibility index (Phi) is 4.82. The first-order chi connectivity index (χ1) is 8.70. The van der Waals surface area contributed by atoms with Gasteiger partial charge in [0.2, 0.25) is 5.13 Å². The van der Waals surface area contributed by atoms with Gasteiger partial charge in [-0.05, 0) is 19.8 Å². The monoisotopic (exact) mass is 286 g/mol. The molecule has 1 heterocycles. The van der Waals surface area contributed by atoms with Crippen molar-refractivity contribution >= 4 is 28.5 Å². The SMILES string of the molecule is CC(C)Cc1nnc(NC(=O)NC(C)(C)C(=O)O)s1. The van der Waals surface area contributed by atoms with Crippen molar-refractivity contribution < 1.29 is 14.7 Å². The van der Waals surface area contributed by atoms with E-state index < -0.39 is 17.5 Å². The van der Waals surface area contributed by atoms with Gasteiger partial charge in [0.1, 0.15) is 10.5 Å². The van der Waals surface area contributed by atoms with E-state index in [4.69, 9.17) is 5.11 Å². The molecule has 3 N–H and O–H groups in total. The molecule has 1 aromatic rings. The summed E-state index contributed by atoms with van der Waals surface area (Å²) in [5.41, 5.74) is -1.34. The third-order valence-corrected chi connectivity index (χ3v) is 3.09. The number of hydrogen-bond acceptors (Lipinski definition) is 5. The van der Waals surface area contributed by atoms with Gasteiger partial charge in [0.15, 0.2) is 0 Å². The minimum Gasteiger partial charge on any atom is -0.480 e. The van der Waals surface area contributed by atoms with E-state index in [9.17, 15) is 9.59 Å². The predicted octanol–water partition coefficient (Wildman–Crippen LogP) is 1.72. The molecule has 0 radical (unpaired) electrons. The van der Waals surface area contributed by atoms with Crippen molar-refractivity contribution in [2.45, 2.75) is 39.7 Å². The molecule has 8 heteroatoms. The number of carboxylic acid groups (broad SMARTS) is 1. The van der Waals surface area contributed by atoms with E-state index in [1.165, 1.54) is 25.2 Å². The number of anilines is 1. The lowest BCUT2D eigenvalue weighted by Crippen LogP contribution is -2.51. The maximum atomic E-state index is 11.6. The lowest BCUT2D eigenvalue weighted by Gasteiger charge is -2.20. The summed E-state index contributed by atoms with van der Waals surface area (Å²) in [5.74, 6) is -0.652. The minimum absolute atomic E-state index is 0.356. The molecule has 0 atom stereocenters. The number of carbonyl (C=O) groups excluding carboxylic acids is 1. The average Bonchev–Trinajstić information content (AvgIpc) is 2.62. The Bertz CT molecular complexity index is 470. The fourth-order valence-electron chi connectivity index (χ4n) is 1.20. The summed E-state index contributed by atoms with van der Waals surface area (Å²) in [5, 5.41) is 22.7. The molecule has 1 aromatic heterocycles. The molecule has 106 valence electrons. The summed E-state index contributed by atoms with van der Waals surface area (Å²) in [6.07, 6.45) is 0.793. The van der Waals surface area contributed by atoms with Gasteiger partial charge in [-0.3, -0.25) is 5.32 Å². The first-order valence-corrected chi connectivity index (χ1v) is 6.67. The van der Waals surface area contributed by atoms with Crippen LogP contribution in [0.1, 0.15) is 32.7 Å². The van der Waals surface area contributed by atoms with Crippen LogP contribution >= 0.6 is 11.3 Å². The van der Waals surface area contributed by atoms with E-state index in [0.29, 0.717) is 11.0 Å². The molecule has 7 nitrogen and oxygen atoms in total. The Morgan fingerprint density at radius 3 is 2.53 bits per heavy atom. The lowest BCUT2D eigenvalue weighted by atomic mass is 10.1. The number of urea groups is 1. The second-order valence-corrected chi connectivity index (χ2v) is 6.17. The van der Waals surface area contributed by atoms with Crippen LogP contribution in [0.25, 0.3) is 0 Å². The number of hydrogen-bond donors (Lipinski definition) is 3. The van der Waals surface area contributed by atoms with Crippen molar-refractivity contribution in [3.63, 3.8) is 0 Å². The van der Waals surface area contributed by atoms with Crippen LogP contribution in [0.15, 0.2) is 0 Å². The molecular formula is C11H18N4O3S. The summed E-state index contributed by atoms with van der Waals surface area (Å²) < 4.78 is 0. The second kappa shape index (κ2) is 5.96. The van der Waals surface area contributed by atoms with Gasteiger partial charge in [-0.15, -0.1) is 10.2 Å². The summed E-state index contributed by atoms with van der Waals surface area (Å²) in [7, 11) is 0. The molecule has 0 aromatic carbocycles. The highest BCUT2D eigenvalue weighted by Crippen LogP contribution is 2.18. The molecule has 0 aliphatic rings. The van der Waals surface area contributed by atoms with Crippen LogP contribution in [0.5, 0.6) is 0 Å². The number of rotatable bonds is 5. The number of aromatic nitrogens is 2. The normalized spacial score (nSPS) is 11.4. The highest BCUT2D eigenvalue weighted by atomic mass is 32.1. The van der Waals surface area contributed by atoms with Gasteiger partial charge in [0.05, 0.1) is 0 Å². The largest absolute Gasteiger partial charge is 0.480 e. The molecule has 0 saturated heterocycles. The maximum absolute atomic E-state index is 11.6. The van der Waals surface area contributed by atoms with Gasteiger partial charge in [0, 0.05) is 6.42 Å². The molecule has 1 rings (SSSR count). The smallest absolute Gasteiger partial charge is 0.328 e. The standard InChI is InChI=1S/C11H18N4O3S/c1-6(2)5-7-14-15-10(19-7)12-9(18)13-11(3,4)8(16)17/h6H,5H2,1-4H3,(H,16,17)(H2,12,13,15,18). The molecule has 0 spiro atoms. The molecule has 0 bridgehead atoms. The van der Waals surface area contributed by atoms with E-state index >= 15 is 0 Å². The van der Waals surface area contributed by atoms with Crippen LogP contribution in [0.4, 0.5) is 9.93 Å². The fourth-order valence-corrected chi connectivity index (χ4v) is 2.15. The first-order valence-electron chi connectivity index (χ1n) is 5.85. The molecule has 0 saturated carbocycles. The number of nitrogens with one attached hydrogen (secondary N) is 2. The zero-order valence-electron chi connectivity index (χ0n) is 11.4. The highest BCUT2D eigenvalue weighted by Gasteiger charge is 2.29. The quantitative estimate of drug-likeness (QED) is 0.764. The average molecular weight is 286 g/mol. The molecule has 2 amide bonds. The van der Waals surface area contributed by atoms with Crippen molar-refractivity contribution in [2.75, 3.05) is 5.32 Å². The van der Waals surface area contributed by atoms with Gasteiger partial charge in [-0.25, -0.2) is 9.59 Å². The topological polar surface area (TPSA) is 104 Å². The van der Waals surface area contributed by atoms with E-state index in [0.717, 1.165) is 11.4 Å². The van der Waals surface area contributed by atoms with Crippen LogP contribution in [-0.4, -0.2) is 32.8 Å². The summed E-state index contributed by atoms with van der Waals surface area (Å²) >= 11 is 1.28. The van der Waals surface area contributed by atoms with Crippen molar-refractivity contribution in [2.24, 2.45) is 5.92 Å². The Labute approximate surface area is 115 Å². The number of carbonyl (C=O) groups is 2. The van der Waals surface area contributed by atoms with Crippen molar-refractivity contribution in [3.05, 3.63) is 5.01 Å². The van der Waals surface area contributed by atoms with Crippen molar-refractivity contribution in [3.8, 4) is 0 Å². The molecule has 0 aliphatic carbocycles. The minimum atomic E-state index is -1.34. The van der Waals surface area contributed by atoms with E-state index in [2.05, 4.69) is 34.7 Å². The van der Waals surface area contributed by atoms with Crippen molar-refractivity contribution in [1.29, 1.82) is 0 Å². The molecule has 0 fully saturated rings. The van der Waals surface area contributed by atoms with Crippen LogP contribution in [0, 0.1) is 5.92 Å². The van der Waals surface area contributed by atoms with Gasteiger partial charge in [-0.1, -0.05) is 25.2 Å². The lowest BCUT2D eigenvalue weighted by molar-refractivity contribution is -0.142. The third-order valence-electron chi connectivity index (χ3n) is 2.23. The predicted molar refractivity (Wildman–Crippen MR) is 72.3 cm³/mol. The van der Waals surface area contributed by atoms with Crippen LogP contribution in [0.3, 0.4) is 0 Å². The van der Waals surface area contributed by atoms with Crippen LogP contribution < -0.4 is 10.6 Å². The molecule has 0 unspecified atom stereocenters. The van der Waals surface area contributed by atoms with Gasteiger partial charge in [0.25, 0.3) is 0 Å². The Morgan fingerprint density at radius 1 is 1.37 bits per heavy atom. The molecule has 0 aliphatic heterocycles. The first kappa shape index (κ1) is 15.4. The summed E-state index contributed by atoms with van der Waals surface area (Å²) in [4.78, 5) is 22.5. The highest BCUT2D eigenvalue weighted by molar-refractivity contribution is 7.15. The van der Waals surface area contributed by atoms with Crippen molar-refractivity contribution in [1.82, 2.24) is 15.5 Å². The van der Waals surface area contributed by atoms with Gasteiger partial charge in [-0.2, -0.15) is 0 Å². The number of nitrogens with zero attached hydrogens (tertiary/aromatic N) is 2. The van der Waals surface area contributed by atoms with Gasteiger partial charge >= 0.3 is 12.0 Å². The molecular weight excluding hydrogens is 268 g/mol. The number of aliphatic carboxylic acids is 1.